The number of aryl methyl sites for hydroxylation is 1. The van der Waals surface area contributed by atoms with Crippen molar-refractivity contribution < 1.29 is 9.53 Å². The lowest BCUT2D eigenvalue weighted by atomic mass is 10.2. The van der Waals surface area contributed by atoms with Gasteiger partial charge >= 0.3 is 5.97 Å². The largest absolute Gasteiger partial charge is 0.457 e. The number of unbranched alkanes of at least 4 members (excludes halogenated alkanes) is 2. The molecule has 2 aromatic heterocycles. The Kier molecular flexibility index (Phi) is 5.42. The van der Waals surface area contributed by atoms with E-state index >= 15 is 0 Å². The number of hydrogen-bond acceptors (Lipinski definition) is 5. The second kappa shape index (κ2) is 8.31. The summed E-state index contributed by atoms with van der Waals surface area (Å²) >= 11 is 0. The Bertz CT molecular complexity index is 1150. The zero-order valence-electron chi connectivity index (χ0n) is 16.5. The molecule has 0 bridgehead atoms. The number of anilines is 1. The fourth-order valence-corrected chi connectivity index (χ4v) is 3.46. The molecule has 0 unspecified atom stereocenters. The van der Waals surface area contributed by atoms with Gasteiger partial charge in [0.05, 0.1) is 11.0 Å². The molecule has 29 heavy (non-hydrogen) atoms. The SMILES string of the molecule is CCCCCn1c(N)c(C(=O)OCc2ccccc2)c2nc3ccccc3nc21. The third-order valence-corrected chi connectivity index (χ3v) is 4.99. The number of rotatable bonds is 7. The minimum Gasteiger partial charge on any atom is -0.457 e. The second-order valence-corrected chi connectivity index (χ2v) is 7.07. The van der Waals surface area contributed by atoms with Crippen LogP contribution in [0.3, 0.4) is 0 Å². The number of esters is 1. The Morgan fingerprint density at radius 3 is 2.41 bits per heavy atom. The van der Waals surface area contributed by atoms with Crippen LogP contribution in [0.15, 0.2) is 54.6 Å². The maximum atomic E-state index is 12.9. The van der Waals surface area contributed by atoms with Crippen molar-refractivity contribution in [2.24, 2.45) is 0 Å². The van der Waals surface area contributed by atoms with E-state index in [1.807, 2.05) is 59.2 Å². The van der Waals surface area contributed by atoms with Gasteiger partial charge in [0.25, 0.3) is 0 Å². The monoisotopic (exact) mass is 388 g/mol. The summed E-state index contributed by atoms with van der Waals surface area (Å²) in [6.07, 6.45) is 3.13. The van der Waals surface area contributed by atoms with Gasteiger partial charge in [0.2, 0.25) is 0 Å². The van der Waals surface area contributed by atoms with Crippen molar-refractivity contribution in [1.82, 2.24) is 14.5 Å². The van der Waals surface area contributed by atoms with E-state index in [1.54, 1.807) is 0 Å². The summed E-state index contributed by atoms with van der Waals surface area (Å²) in [5.74, 6) is -0.111. The normalized spacial score (nSPS) is 11.2. The van der Waals surface area contributed by atoms with Crippen molar-refractivity contribution in [2.75, 3.05) is 5.73 Å². The van der Waals surface area contributed by atoms with Gasteiger partial charge in [0.1, 0.15) is 23.5 Å². The van der Waals surface area contributed by atoms with Crippen molar-refractivity contribution in [3.8, 4) is 0 Å². The molecule has 0 fully saturated rings. The zero-order chi connectivity index (χ0) is 20.2. The van der Waals surface area contributed by atoms with Crippen LogP contribution in [0.4, 0.5) is 5.82 Å². The molecule has 0 saturated carbocycles. The van der Waals surface area contributed by atoms with Gasteiger partial charge in [-0.2, -0.15) is 0 Å². The van der Waals surface area contributed by atoms with E-state index in [-0.39, 0.29) is 6.61 Å². The Hall–Kier alpha value is -3.41. The van der Waals surface area contributed by atoms with E-state index in [0.29, 0.717) is 29.1 Å². The minimum absolute atomic E-state index is 0.183. The number of aromatic nitrogens is 3. The number of hydrogen-bond donors (Lipinski definition) is 1. The molecule has 0 amide bonds. The van der Waals surface area contributed by atoms with E-state index < -0.39 is 5.97 Å². The summed E-state index contributed by atoms with van der Waals surface area (Å²) in [5.41, 5.74) is 10.3. The Morgan fingerprint density at radius 2 is 1.69 bits per heavy atom. The van der Waals surface area contributed by atoms with Crippen LogP contribution in [0.5, 0.6) is 0 Å². The van der Waals surface area contributed by atoms with E-state index in [2.05, 4.69) is 6.92 Å². The predicted molar refractivity (Wildman–Crippen MR) is 115 cm³/mol. The number of carbonyl (C=O) groups excluding carboxylic acids is 1. The smallest absolute Gasteiger partial charge is 0.344 e. The summed E-state index contributed by atoms with van der Waals surface area (Å²) in [4.78, 5) is 22.4. The Morgan fingerprint density at radius 1 is 1.00 bits per heavy atom. The van der Waals surface area contributed by atoms with E-state index in [0.717, 1.165) is 35.9 Å². The lowest BCUT2D eigenvalue weighted by molar-refractivity contribution is 0.0476. The number of nitrogens with zero attached hydrogens (tertiary/aromatic N) is 3. The van der Waals surface area contributed by atoms with Crippen LogP contribution in [-0.2, 0) is 17.9 Å². The predicted octanol–water partition coefficient (Wildman–Crippen LogP) is 4.71. The molecule has 2 heterocycles. The number of carbonyl (C=O) groups is 1. The molecule has 148 valence electrons. The summed E-state index contributed by atoms with van der Waals surface area (Å²) in [6, 6.07) is 17.2. The molecule has 6 nitrogen and oxygen atoms in total. The minimum atomic E-state index is -0.477. The molecule has 0 radical (unpaired) electrons. The van der Waals surface area contributed by atoms with E-state index in [4.69, 9.17) is 20.4 Å². The molecular formula is C23H24N4O2. The maximum Gasteiger partial charge on any atom is 0.344 e. The number of nitrogens with two attached hydrogens (primary N) is 1. The molecule has 0 saturated heterocycles. The highest BCUT2D eigenvalue weighted by Crippen LogP contribution is 2.29. The number of ether oxygens (including phenoxy) is 1. The third kappa shape index (κ3) is 3.78. The molecule has 0 aliphatic carbocycles. The topological polar surface area (TPSA) is 83.0 Å². The van der Waals surface area contributed by atoms with Gasteiger partial charge < -0.3 is 15.0 Å². The van der Waals surface area contributed by atoms with Crippen LogP contribution in [-0.4, -0.2) is 20.5 Å². The van der Waals surface area contributed by atoms with Gasteiger partial charge in [-0.25, -0.2) is 14.8 Å². The number of benzene rings is 2. The van der Waals surface area contributed by atoms with Crippen LogP contribution < -0.4 is 5.73 Å². The van der Waals surface area contributed by atoms with Crippen LogP contribution >= 0.6 is 0 Å². The van der Waals surface area contributed by atoms with Crippen molar-refractivity contribution >= 4 is 34.0 Å². The molecular weight excluding hydrogens is 364 g/mol. The first-order valence-corrected chi connectivity index (χ1v) is 9.94. The summed E-state index contributed by atoms with van der Waals surface area (Å²) in [7, 11) is 0. The third-order valence-electron chi connectivity index (χ3n) is 4.99. The first kappa shape index (κ1) is 18.9. The van der Waals surface area contributed by atoms with Crippen LogP contribution in [0.25, 0.3) is 22.2 Å². The summed E-state index contributed by atoms with van der Waals surface area (Å²) in [6.45, 7) is 3.02. The first-order chi connectivity index (χ1) is 14.2. The molecule has 4 aromatic rings. The number of para-hydroxylation sites is 2. The average Bonchev–Trinajstić information content (AvgIpc) is 3.02. The lowest BCUT2D eigenvalue weighted by Crippen LogP contribution is -2.10. The van der Waals surface area contributed by atoms with Gasteiger partial charge in [0, 0.05) is 6.54 Å². The maximum absolute atomic E-state index is 12.9. The highest BCUT2D eigenvalue weighted by molar-refractivity contribution is 6.08. The molecule has 6 heteroatoms. The van der Waals surface area contributed by atoms with Gasteiger partial charge in [-0.1, -0.05) is 62.2 Å². The van der Waals surface area contributed by atoms with E-state index in [1.165, 1.54) is 0 Å². The average molecular weight is 388 g/mol. The van der Waals surface area contributed by atoms with Gasteiger partial charge in [-0.05, 0) is 24.1 Å². The Labute approximate surface area is 169 Å². The number of fused-ring (bicyclic) bond motifs is 2. The molecule has 0 atom stereocenters. The second-order valence-electron chi connectivity index (χ2n) is 7.07. The van der Waals surface area contributed by atoms with Gasteiger partial charge in [-0.15, -0.1) is 0 Å². The molecule has 0 aliphatic rings. The van der Waals surface area contributed by atoms with Crippen LogP contribution in [0.2, 0.25) is 0 Å². The van der Waals surface area contributed by atoms with Crippen molar-refractivity contribution in [3.05, 3.63) is 65.7 Å². The summed E-state index contributed by atoms with van der Waals surface area (Å²) < 4.78 is 7.45. The highest BCUT2D eigenvalue weighted by atomic mass is 16.5. The highest BCUT2D eigenvalue weighted by Gasteiger charge is 2.25. The molecule has 2 aromatic carbocycles. The molecule has 0 spiro atoms. The van der Waals surface area contributed by atoms with Crippen molar-refractivity contribution in [2.45, 2.75) is 39.3 Å². The fraction of sp³-hybridized carbons (Fsp3) is 0.261. The number of nitrogen functional groups attached to an aromatic ring is 1. The quantitative estimate of drug-likeness (QED) is 0.366. The molecule has 4 rings (SSSR count). The Balaban J connectivity index is 1.75. The summed E-state index contributed by atoms with van der Waals surface area (Å²) in [5, 5.41) is 0. The van der Waals surface area contributed by atoms with Gasteiger partial charge in [-0.3, -0.25) is 0 Å². The first-order valence-electron chi connectivity index (χ1n) is 9.94. The van der Waals surface area contributed by atoms with E-state index in [9.17, 15) is 4.79 Å². The van der Waals surface area contributed by atoms with Gasteiger partial charge in [0.15, 0.2) is 5.65 Å². The standard InChI is InChI=1S/C23H24N4O2/c1-2-3-9-14-27-21(24)19(23(28)29-15-16-10-5-4-6-11-16)20-22(27)26-18-13-8-7-12-17(18)25-20/h4-8,10-13H,2-3,9,14-15,24H2,1H3. The molecule has 0 aliphatic heterocycles. The van der Waals surface area contributed by atoms with Crippen LogP contribution in [0.1, 0.15) is 42.1 Å². The van der Waals surface area contributed by atoms with Crippen LogP contribution in [0, 0.1) is 0 Å². The molecule has 2 N–H and O–H groups in total. The van der Waals surface area contributed by atoms with Crippen molar-refractivity contribution in [1.29, 1.82) is 0 Å². The zero-order valence-corrected chi connectivity index (χ0v) is 16.5. The fourth-order valence-electron chi connectivity index (χ4n) is 3.46. The van der Waals surface area contributed by atoms with Crippen molar-refractivity contribution in [3.63, 3.8) is 0 Å². The lowest BCUT2D eigenvalue weighted by Gasteiger charge is -2.07.